The number of hydrogen-bond acceptors (Lipinski definition) is 3. The number of aliphatic hydroxyl groups is 1. The summed E-state index contributed by atoms with van der Waals surface area (Å²) in [6.07, 6.45) is 0. The van der Waals surface area contributed by atoms with Gasteiger partial charge in [0.15, 0.2) is 0 Å². The maximum Gasteiger partial charge on any atom is 1.00 e. The van der Waals surface area contributed by atoms with Crippen LogP contribution in [0.15, 0.2) is 0 Å². The third kappa shape index (κ3) is 282. The van der Waals surface area contributed by atoms with Crippen LogP contribution in [0.25, 0.3) is 0 Å². The Morgan fingerprint density at radius 3 is 1.67 bits per heavy atom. The molecule has 0 radical (unpaired) electrons. The molecule has 32 valence electrons. The normalized spacial score (nSPS) is 3.00. The van der Waals surface area contributed by atoms with Crippen LogP contribution in [0.5, 0.6) is 0 Å². The fraction of sp³-hybridized carbons (Fsp3) is 0.500. The second-order valence-corrected chi connectivity index (χ2v) is 0.0962. The number of carbonyl (C=O) groups is 1. The number of rotatable bonds is 0. The van der Waals surface area contributed by atoms with Gasteiger partial charge in [-0.2, -0.15) is 0 Å². The topological polar surface area (TPSA) is 60.4 Å². The molecule has 0 atom stereocenters. The summed E-state index contributed by atoms with van der Waals surface area (Å²) in [7, 11) is 1.00. The molecule has 0 aliphatic heterocycles. The van der Waals surface area contributed by atoms with Gasteiger partial charge in [0.25, 0.3) is 0 Å². The zero-order valence-corrected chi connectivity index (χ0v) is 5.84. The monoisotopic (exact) mass is 100 g/mol. The Balaban J connectivity index is -0.0000000275. The van der Waals surface area contributed by atoms with Gasteiger partial charge in [-0.25, -0.2) is 0 Å². The fourth-order valence-electron chi connectivity index (χ4n) is 0. The van der Waals surface area contributed by atoms with Crippen LogP contribution >= 0.6 is 0 Å². The standard InChI is InChI=1S/CH2O2.CH4O.Na/c2-1-3;1-2;/h1H,(H,2,3);2H,1H3;/q;;+1/p-1. The van der Waals surface area contributed by atoms with Crippen molar-refractivity contribution in [2.24, 2.45) is 0 Å². The number of aliphatic hydroxyl groups excluding tert-OH is 1. The Bertz CT molecular complexity index is 16.3. The van der Waals surface area contributed by atoms with Crippen LogP contribution in [-0.2, 0) is 4.79 Å². The maximum atomic E-state index is 8.25. The SMILES string of the molecule is CO.O=C[O-].[Na+]. The molecule has 0 spiro atoms. The van der Waals surface area contributed by atoms with Crippen molar-refractivity contribution in [1.29, 1.82) is 0 Å². The zero-order valence-electron chi connectivity index (χ0n) is 3.84. The maximum absolute atomic E-state index is 8.25. The van der Waals surface area contributed by atoms with Crippen molar-refractivity contribution >= 4 is 6.47 Å². The molecule has 6 heavy (non-hydrogen) atoms. The fourth-order valence-corrected chi connectivity index (χ4v) is 0. The van der Waals surface area contributed by atoms with E-state index in [1.807, 2.05) is 0 Å². The molecule has 0 aromatic carbocycles. The molecule has 0 aromatic rings. The van der Waals surface area contributed by atoms with E-state index < -0.39 is 6.47 Å². The summed E-state index contributed by atoms with van der Waals surface area (Å²) >= 11 is 0. The van der Waals surface area contributed by atoms with Crippen molar-refractivity contribution in [1.82, 2.24) is 0 Å². The number of hydrogen-bond donors (Lipinski definition) is 1. The van der Waals surface area contributed by atoms with Gasteiger partial charge in [0.05, 0.1) is 0 Å². The summed E-state index contributed by atoms with van der Waals surface area (Å²) in [6, 6.07) is 0. The molecule has 1 N–H and O–H groups in total. The van der Waals surface area contributed by atoms with Gasteiger partial charge in [0, 0.05) is 13.6 Å². The number of carbonyl (C=O) groups excluding carboxylic acids is 1. The number of carboxylic acid groups (broad SMARTS) is 1. The minimum atomic E-state index is -0.500. The Hall–Kier alpha value is 0.430. The summed E-state index contributed by atoms with van der Waals surface area (Å²) < 4.78 is 0. The van der Waals surface area contributed by atoms with E-state index in [4.69, 9.17) is 15.0 Å². The van der Waals surface area contributed by atoms with Crippen LogP contribution in [0, 0.1) is 0 Å². The van der Waals surface area contributed by atoms with E-state index >= 15 is 0 Å². The molecule has 0 rings (SSSR count). The molecule has 0 heterocycles. The average Bonchev–Trinajstić information content (AvgIpc) is 1.46. The van der Waals surface area contributed by atoms with Crippen molar-refractivity contribution in [3.63, 3.8) is 0 Å². The van der Waals surface area contributed by atoms with Crippen molar-refractivity contribution < 1.29 is 44.6 Å². The Labute approximate surface area is 58.3 Å². The van der Waals surface area contributed by atoms with E-state index in [9.17, 15) is 0 Å². The molecule has 0 amide bonds. The van der Waals surface area contributed by atoms with E-state index in [1.165, 1.54) is 0 Å². The van der Waals surface area contributed by atoms with E-state index in [0.717, 1.165) is 7.11 Å². The quantitative estimate of drug-likeness (QED) is 0.245. The zero-order chi connectivity index (χ0) is 4.71. The molecular formula is C2H5NaO3. The first-order valence-electron chi connectivity index (χ1n) is 0.919. The van der Waals surface area contributed by atoms with Crippen LogP contribution in [-0.4, -0.2) is 18.7 Å². The molecular weight excluding hydrogens is 95.0 g/mol. The van der Waals surface area contributed by atoms with Gasteiger partial charge in [0.1, 0.15) is 0 Å². The smallest absolute Gasteiger partial charge is 0.554 e. The van der Waals surface area contributed by atoms with Crippen LogP contribution in [0.1, 0.15) is 0 Å². The predicted molar refractivity (Wildman–Crippen MR) is 14.2 cm³/mol. The van der Waals surface area contributed by atoms with Crippen molar-refractivity contribution in [3.8, 4) is 0 Å². The first kappa shape index (κ1) is 16.1. The summed E-state index contributed by atoms with van der Waals surface area (Å²) in [5.41, 5.74) is 0. The second-order valence-electron chi connectivity index (χ2n) is 0.0962. The van der Waals surface area contributed by atoms with Crippen LogP contribution in [0.3, 0.4) is 0 Å². The molecule has 3 nitrogen and oxygen atoms in total. The van der Waals surface area contributed by atoms with Gasteiger partial charge in [-0.1, -0.05) is 0 Å². The van der Waals surface area contributed by atoms with Gasteiger partial charge in [-0.05, 0) is 0 Å². The molecule has 0 fully saturated rings. The summed E-state index contributed by atoms with van der Waals surface area (Å²) in [5, 5.41) is 15.2. The van der Waals surface area contributed by atoms with E-state index in [2.05, 4.69) is 0 Å². The third-order valence-electron chi connectivity index (χ3n) is 0. The van der Waals surface area contributed by atoms with Crippen molar-refractivity contribution in [2.45, 2.75) is 0 Å². The molecule has 4 heteroatoms. The largest absolute Gasteiger partial charge is 1.00 e. The molecule has 0 aromatic heterocycles. The predicted octanol–water partition coefficient (Wildman–Crippen LogP) is -5.02. The van der Waals surface area contributed by atoms with Gasteiger partial charge in [-0.3, -0.25) is 0 Å². The summed E-state index contributed by atoms with van der Waals surface area (Å²) in [5.74, 6) is 0. The molecule has 0 aliphatic carbocycles. The Morgan fingerprint density at radius 2 is 1.67 bits per heavy atom. The van der Waals surface area contributed by atoms with Crippen LogP contribution in [0.4, 0.5) is 0 Å². The molecule has 0 bridgehead atoms. The Kier molecular flexibility index (Phi) is 140. The van der Waals surface area contributed by atoms with Crippen LogP contribution < -0.4 is 34.7 Å². The molecule has 0 aliphatic rings. The van der Waals surface area contributed by atoms with Gasteiger partial charge in [-0.15, -0.1) is 0 Å². The third-order valence-corrected chi connectivity index (χ3v) is 0. The average molecular weight is 100 g/mol. The Morgan fingerprint density at radius 1 is 1.67 bits per heavy atom. The summed E-state index contributed by atoms with van der Waals surface area (Å²) in [6.45, 7) is -0.500. The molecule has 0 unspecified atom stereocenters. The van der Waals surface area contributed by atoms with Gasteiger partial charge in [0.2, 0.25) is 0 Å². The van der Waals surface area contributed by atoms with Crippen molar-refractivity contribution in [2.75, 3.05) is 7.11 Å². The van der Waals surface area contributed by atoms with Crippen LogP contribution in [0.2, 0.25) is 0 Å². The van der Waals surface area contributed by atoms with E-state index in [0.29, 0.717) is 0 Å². The minimum absolute atomic E-state index is 0. The minimum Gasteiger partial charge on any atom is -0.554 e. The first-order chi connectivity index (χ1) is 2.41. The van der Waals surface area contributed by atoms with E-state index in [1.54, 1.807) is 0 Å². The summed E-state index contributed by atoms with van der Waals surface area (Å²) in [4.78, 5) is 8.25. The first-order valence-corrected chi connectivity index (χ1v) is 0.919. The molecule has 0 saturated heterocycles. The van der Waals surface area contributed by atoms with Gasteiger partial charge >= 0.3 is 29.6 Å². The van der Waals surface area contributed by atoms with E-state index in [-0.39, 0.29) is 29.6 Å². The second kappa shape index (κ2) is 52.1. The van der Waals surface area contributed by atoms with Gasteiger partial charge < -0.3 is 15.0 Å². The van der Waals surface area contributed by atoms with Crippen molar-refractivity contribution in [3.05, 3.63) is 0 Å². The molecule has 0 saturated carbocycles.